The summed E-state index contributed by atoms with van der Waals surface area (Å²) in [6.07, 6.45) is 5.03. The third-order valence-electron chi connectivity index (χ3n) is 3.80. The van der Waals surface area contributed by atoms with E-state index < -0.39 is 0 Å². The van der Waals surface area contributed by atoms with Crippen molar-refractivity contribution in [2.75, 3.05) is 5.73 Å². The van der Waals surface area contributed by atoms with Crippen LogP contribution in [-0.4, -0.2) is 14.6 Å². The van der Waals surface area contributed by atoms with E-state index in [0.29, 0.717) is 0 Å². The van der Waals surface area contributed by atoms with E-state index in [1.807, 2.05) is 24.4 Å². The molecule has 1 aliphatic rings. The monoisotopic (exact) mass is 250 g/mol. The first-order chi connectivity index (χ1) is 9.34. The Bertz CT molecular complexity index is 759. The molecular weight excluding hydrogens is 236 g/mol. The van der Waals surface area contributed by atoms with Crippen LogP contribution in [0.3, 0.4) is 0 Å². The van der Waals surface area contributed by atoms with E-state index in [2.05, 4.69) is 17.2 Å². The third kappa shape index (κ3) is 1.46. The van der Waals surface area contributed by atoms with Crippen molar-refractivity contribution in [3.8, 4) is 11.1 Å². The van der Waals surface area contributed by atoms with E-state index in [0.717, 1.165) is 47.5 Å². The number of benzene rings is 1. The highest BCUT2D eigenvalue weighted by atomic mass is 15.3. The maximum absolute atomic E-state index is 6.22. The van der Waals surface area contributed by atoms with Gasteiger partial charge in [-0.2, -0.15) is 9.61 Å². The van der Waals surface area contributed by atoms with Crippen molar-refractivity contribution < 1.29 is 0 Å². The van der Waals surface area contributed by atoms with Crippen LogP contribution in [-0.2, 0) is 12.8 Å². The van der Waals surface area contributed by atoms with Crippen molar-refractivity contribution >= 4 is 11.5 Å². The molecule has 1 aromatic carbocycles. The van der Waals surface area contributed by atoms with Gasteiger partial charge in [-0.25, -0.2) is 4.98 Å². The first-order valence-electron chi connectivity index (χ1n) is 6.55. The van der Waals surface area contributed by atoms with Gasteiger partial charge in [0.25, 0.3) is 0 Å². The maximum atomic E-state index is 6.22. The van der Waals surface area contributed by atoms with E-state index in [1.54, 1.807) is 4.52 Å². The molecule has 0 fully saturated rings. The topological polar surface area (TPSA) is 56.2 Å². The van der Waals surface area contributed by atoms with Gasteiger partial charge in [0.1, 0.15) is 5.82 Å². The third-order valence-corrected chi connectivity index (χ3v) is 3.80. The van der Waals surface area contributed by atoms with Gasteiger partial charge in [-0.3, -0.25) is 0 Å². The van der Waals surface area contributed by atoms with Crippen molar-refractivity contribution in [2.24, 2.45) is 0 Å². The van der Waals surface area contributed by atoms with E-state index in [9.17, 15) is 0 Å². The summed E-state index contributed by atoms with van der Waals surface area (Å²) in [5, 5.41) is 4.40. The molecule has 4 heteroatoms. The normalized spacial score (nSPS) is 13.9. The number of fused-ring (bicyclic) bond motifs is 2. The zero-order valence-corrected chi connectivity index (χ0v) is 10.5. The van der Waals surface area contributed by atoms with Crippen LogP contribution in [0.2, 0.25) is 0 Å². The Morgan fingerprint density at radius 2 is 1.95 bits per heavy atom. The zero-order valence-electron chi connectivity index (χ0n) is 10.5. The van der Waals surface area contributed by atoms with Gasteiger partial charge in [0.15, 0.2) is 5.65 Å². The predicted molar refractivity (Wildman–Crippen MR) is 74.9 cm³/mol. The van der Waals surface area contributed by atoms with Crippen molar-refractivity contribution in [1.82, 2.24) is 14.6 Å². The average molecular weight is 250 g/mol. The molecule has 4 rings (SSSR count). The van der Waals surface area contributed by atoms with Crippen LogP contribution in [0, 0.1) is 0 Å². The molecule has 94 valence electrons. The van der Waals surface area contributed by atoms with Crippen molar-refractivity contribution in [2.45, 2.75) is 19.3 Å². The van der Waals surface area contributed by atoms with Gasteiger partial charge in [0.2, 0.25) is 0 Å². The first kappa shape index (κ1) is 10.6. The van der Waals surface area contributed by atoms with Crippen molar-refractivity contribution in [3.63, 3.8) is 0 Å². The molecule has 0 aliphatic heterocycles. The van der Waals surface area contributed by atoms with E-state index >= 15 is 0 Å². The maximum Gasteiger partial charge on any atom is 0.165 e. The summed E-state index contributed by atoms with van der Waals surface area (Å²) in [5.41, 5.74) is 11.6. The first-order valence-corrected chi connectivity index (χ1v) is 6.55. The standard InChI is InChI=1S/C15H14N4/c16-14-11-7-4-8-13(11)18-15-12(9-17-19(14)15)10-5-2-1-3-6-10/h1-3,5-6,9H,4,7-8,16H2. The number of rotatable bonds is 1. The summed E-state index contributed by atoms with van der Waals surface area (Å²) in [7, 11) is 0. The van der Waals surface area contributed by atoms with Gasteiger partial charge in [-0.05, 0) is 24.8 Å². The Morgan fingerprint density at radius 3 is 2.79 bits per heavy atom. The van der Waals surface area contributed by atoms with E-state index in [-0.39, 0.29) is 0 Å². The van der Waals surface area contributed by atoms with Gasteiger partial charge in [0, 0.05) is 16.8 Å². The lowest BCUT2D eigenvalue weighted by molar-refractivity contribution is 0.901. The highest BCUT2D eigenvalue weighted by Crippen LogP contribution is 2.30. The van der Waals surface area contributed by atoms with E-state index in [1.165, 1.54) is 5.56 Å². The molecule has 0 saturated carbocycles. The summed E-state index contributed by atoms with van der Waals surface area (Å²) in [5.74, 6) is 0.750. The number of nitrogen functional groups attached to an aromatic ring is 1. The molecule has 0 bridgehead atoms. The summed E-state index contributed by atoms with van der Waals surface area (Å²) in [6.45, 7) is 0. The van der Waals surface area contributed by atoms with Crippen molar-refractivity contribution in [3.05, 3.63) is 47.8 Å². The number of aryl methyl sites for hydroxylation is 1. The number of hydrogen-bond acceptors (Lipinski definition) is 3. The van der Waals surface area contributed by atoms with Gasteiger partial charge in [0.05, 0.1) is 6.20 Å². The fraction of sp³-hybridized carbons (Fsp3) is 0.200. The van der Waals surface area contributed by atoms with Gasteiger partial charge >= 0.3 is 0 Å². The molecule has 4 nitrogen and oxygen atoms in total. The van der Waals surface area contributed by atoms with Crippen LogP contribution >= 0.6 is 0 Å². The number of nitrogens with zero attached hydrogens (tertiary/aromatic N) is 3. The Morgan fingerprint density at radius 1 is 1.11 bits per heavy atom. The molecule has 0 amide bonds. The lowest BCUT2D eigenvalue weighted by Crippen LogP contribution is -2.05. The summed E-state index contributed by atoms with van der Waals surface area (Å²) in [4.78, 5) is 4.77. The number of hydrogen-bond donors (Lipinski definition) is 1. The highest BCUT2D eigenvalue weighted by Gasteiger charge is 2.20. The number of anilines is 1. The van der Waals surface area contributed by atoms with E-state index in [4.69, 9.17) is 10.7 Å². The fourth-order valence-corrected chi connectivity index (χ4v) is 2.83. The molecule has 0 unspecified atom stereocenters. The Labute approximate surface area is 110 Å². The molecular formula is C15H14N4. The van der Waals surface area contributed by atoms with Crippen molar-refractivity contribution in [1.29, 1.82) is 0 Å². The summed E-state index contributed by atoms with van der Waals surface area (Å²) >= 11 is 0. The van der Waals surface area contributed by atoms with Crippen LogP contribution < -0.4 is 5.73 Å². The second-order valence-electron chi connectivity index (χ2n) is 4.94. The van der Waals surface area contributed by atoms with Crippen LogP contribution in [0.15, 0.2) is 36.5 Å². The van der Waals surface area contributed by atoms with Crippen LogP contribution in [0.1, 0.15) is 17.7 Å². The second kappa shape index (κ2) is 3.82. The molecule has 2 N–H and O–H groups in total. The largest absolute Gasteiger partial charge is 0.383 e. The molecule has 1 aliphatic carbocycles. The lowest BCUT2D eigenvalue weighted by Gasteiger charge is -2.06. The van der Waals surface area contributed by atoms with Gasteiger partial charge in [-0.15, -0.1) is 0 Å². The molecule has 2 heterocycles. The predicted octanol–water partition coefficient (Wildman–Crippen LogP) is 2.47. The lowest BCUT2D eigenvalue weighted by atomic mass is 10.1. The summed E-state index contributed by atoms with van der Waals surface area (Å²) < 4.78 is 1.77. The second-order valence-corrected chi connectivity index (χ2v) is 4.94. The Kier molecular flexibility index (Phi) is 2.12. The van der Waals surface area contributed by atoms with Gasteiger partial charge in [-0.1, -0.05) is 30.3 Å². The minimum Gasteiger partial charge on any atom is -0.383 e. The fourth-order valence-electron chi connectivity index (χ4n) is 2.83. The number of nitrogens with two attached hydrogens (primary N) is 1. The van der Waals surface area contributed by atoms with Gasteiger partial charge < -0.3 is 5.73 Å². The zero-order chi connectivity index (χ0) is 12.8. The number of aromatic nitrogens is 3. The summed E-state index contributed by atoms with van der Waals surface area (Å²) in [6, 6.07) is 10.2. The SMILES string of the molecule is Nc1c2c(nc3c(-c4ccccc4)cnn13)CCC2. The Hall–Kier alpha value is -2.36. The minimum atomic E-state index is 0.750. The molecule has 0 atom stereocenters. The quantitative estimate of drug-likeness (QED) is 0.721. The van der Waals surface area contributed by atoms with Crippen LogP contribution in [0.25, 0.3) is 16.8 Å². The molecule has 0 radical (unpaired) electrons. The molecule has 3 aromatic rings. The average Bonchev–Trinajstić information content (AvgIpc) is 3.07. The molecule has 0 saturated heterocycles. The van der Waals surface area contributed by atoms with Crippen LogP contribution in [0.4, 0.5) is 5.82 Å². The molecule has 2 aromatic heterocycles. The minimum absolute atomic E-state index is 0.750. The highest BCUT2D eigenvalue weighted by molar-refractivity contribution is 5.78. The smallest absolute Gasteiger partial charge is 0.165 e. The Balaban J connectivity index is 2.02. The molecule has 0 spiro atoms. The molecule has 19 heavy (non-hydrogen) atoms. The van der Waals surface area contributed by atoms with Crippen LogP contribution in [0.5, 0.6) is 0 Å².